The Hall–Kier alpha value is -1.79. The van der Waals surface area contributed by atoms with E-state index in [1.807, 2.05) is 12.1 Å². The lowest BCUT2D eigenvalue weighted by molar-refractivity contribution is -0.137. The third kappa shape index (κ3) is 4.62. The van der Waals surface area contributed by atoms with Gasteiger partial charge in [0.2, 0.25) is 0 Å². The third-order valence-electron chi connectivity index (χ3n) is 7.74. The van der Waals surface area contributed by atoms with Gasteiger partial charge in [-0.1, -0.05) is 38.1 Å². The molecule has 3 saturated carbocycles. The molecule has 1 aromatic heterocycles. The number of rotatable bonds is 9. The average molecular weight is 472 g/mol. The fourth-order valence-corrected chi connectivity index (χ4v) is 7.48. The summed E-state index contributed by atoms with van der Waals surface area (Å²) >= 11 is 3.42. The third-order valence-corrected chi connectivity index (χ3v) is 9.99. The SMILES string of the molecule is CSc1cc2cccc(C(=O)NC3C[C@H]4C[C@@H]([C@H]3CC=CCCCC(=O)O)C4(C)C)c2s1. The summed E-state index contributed by atoms with van der Waals surface area (Å²) in [6.45, 7) is 4.76. The van der Waals surface area contributed by atoms with Crippen molar-refractivity contribution in [2.75, 3.05) is 6.26 Å². The van der Waals surface area contributed by atoms with E-state index in [0.29, 0.717) is 29.6 Å². The number of carboxylic acids is 1. The number of thiophene rings is 1. The van der Waals surface area contributed by atoms with E-state index in [-0.39, 0.29) is 18.4 Å². The summed E-state index contributed by atoms with van der Waals surface area (Å²) < 4.78 is 2.30. The van der Waals surface area contributed by atoms with Gasteiger partial charge in [-0.3, -0.25) is 9.59 Å². The summed E-state index contributed by atoms with van der Waals surface area (Å²) in [5.74, 6) is 1.04. The van der Waals surface area contributed by atoms with Crippen LogP contribution in [0.2, 0.25) is 0 Å². The zero-order chi connectivity index (χ0) is 22.9. The zero-order valence-electron chi connectivity index (χ0n) is 19.1. The number of hydrogen-bond donors (Lipinski definition) is 2. The van der Waals surface area contributed by atoms with Crippen molar-refractivity contribution in [1.29, 1.82) is 0 Å². The summed E-state index contributed by atoms with van der Waals surface area (Å²) in [6, 6.07) is 8.37. The summed E-state index contributed by atoms with van der Waals surface area (Å²) in [5.41, 5.74) is 1.12. The molecule has 1 heterocycles. The largest absolute Gasteiger partial charge is 0.481 e. The van der Waals surface area contributed by atoms with Crippen molar-refractivity contribution >= 4 is 45.1 Å². The van der Waals surface area contributed by atoms with E-state index in [1.165, 1.54) is 10.6 Å². The minimum atomic E-state index is -0.735. The van der Waals surface area contributed by atoms with E-state index < -0.39 is 5.97 Å². The Morgan fingerprint density at radius 1 is 1.28 bits per heavy atom. The summed E-state index contributed by atoms with van der Waals surface area (Å²) in [4.78, 5) is 24.0. The molecule has 3 aliphatic carbocycles. The van der Waals surface area contributed by atoms with Crippen LogP contribution in [0, 0.1) is 23.2 Å². The first-order chi connectivity index (χ1) is 15.3. The minimum absolute atomic E-state index is 0.0460. The molecule has 0 saturated heterocycles. The Morgan fingerprint density at radius 3 is 2.81 bits per heavy atom. The number of amides is 1. The van der Waals surface area contributed by atoms with E-state index in [4.69, 9.17) is 5.11 Å². The number of benzene rings is 1. The molecular weight excluding hydrogens is 438 g/mol. The van der Waals surface area contributed by atoms with Crippen LogP contribution >= 0.6 is 23.1 Å². The summed E-state index contributed by atoms with van der Waals surface area (Å²) in [7, 11) is 0. The van der Waals surface area contributed by atoms with Gasteiger partial charge in [0.15, 0.2) is 0 Å². The number of nitrogens with one attached hydrogen (secondary N) is 1. The number of unbranched alkanes of at least 4 members (excludes halogenated alkanes) is 1. The first kappa shape index (κ1) is 23.4. The van der Waals surface area contributed by atoms with Crippen molar-refractivity contribution < 1.29 is 14.7 Å². The van der Waals surface area contributed by atoms with Crippen molar-refractivity contribution in [2.45, 2.75) is 62.6 Å². The van der Waals surface area contributed by atoms with Crippen molar-refractivity contribution in [3.05, 3.63) is 42.0 Å². The fraction of sp³-hybridized carbons (Fsp3) is 0.538. The minimum Gasteiger partial charge on any atom is -0.481 e. The maximum Gasteiger partial charge on any atom is 0.303 e. The second-order valence-corrected chi connectivity index (χ2v) is 12.0. The molecule has 0 aliphatic heterocycles. The maximum atomic E-state index is 13.3. The summed E-state index contributed by atoms with van der Waals surface area (Å²) in [5, 5.41) is 13.4. The Kier molecular flexibility index (Phi) is 7.01. The first-order valence-corrected chi connectivity index (χ1v) is 13.6. The van der Waals surface area contributed by atoms with Gasteiger partial charge >= 0.3 is 5.97 Å². The van der Waals surface area contributed by atoms with E-state index in [0.717, 1.165) is 34.9 Å². The van der Waals surface area contributed by atoms with Crippen LogP contribution in [0.25, 0.3) is 10.1 Å². The number of hydrogen-bond acceptors (Lipinski definition) is 4. The molecule has 0 radical (unpaired) electrons. The highest BCUT2D eigenvalue weighted by atomic mass is 32.2. The molecule has 2 N–H and O–H groups in total. The maximum absolute atomic E-state index is 13.3. The van der Waals surface area contributed by atoms with Gasteiger partial charge in [-0.25, -0.2) is 0 Å². The van der Waals surface area contributed by atoms with Crippen molar-refractivity contribution in [1.82, 2.24) is 5.32 Å². The van der Waals surface area contributed by atoms with Crippen molar-refractivity contribution in [2.24, 2.45) is 23.2 Å². The van der Waals surface area contributed by atoms with Crippen LogP contribution in [-0.4, -0.2) is 29.3 Å². The predicted molar refractivity (Wildman–Crippen MR) is 134 cm³/mol. The summed E-state index contributed by atoms with van der Waals surface area (Å²) in [6.07, 6.45) is 11.3. The molecule has 3 fully saturated rings. The molecule has 1 unspecified atom stereocenters. The molecule has 1 aromatic carbocycles. The zero-order valence-corrected chi connectivity index (χ0v) is 20.7. The van der Waals surface area contributed by atoms with E-state index in [9.17, 15) is 9.59 Å². The average Bonchev–Trinajstić information content (AvgIpc) is 3.19. The number of carbonyl (C=O) groups is 2. The van der Waals surface area contributed by atoms with Gasteiger partial charge in [0.1, 0.15) is 0 Å². The lowest BCUT2D eigenvalue weighted by Gasteiger charge is -2.62. The Morgan fingerprint density at radius 2 is 2.09 bits per heavy atom. The molecule has 4 nitrogen and oxygen atoms in total. The highest BCUT2D eigenvalue weighted by Crippen LogP contribution is 2.62. The van der Waals surface area contributed by atoms with E-state index in [2.05, 4.69) is 49.7 Å². The number of carboxylic acid groups (broad SMARTS) is 1. The molecule has 172 valence electrons. The quantitative estimate of drug-likeness (QED) is 0.245. The van der Waals surface area contributed by atoms with Crippen LogP contribution in [-0.2, 0) is 4.79 Å². The van der Waals surface area contributed by atoms with Crippen LogP contribution in [0.4, 0.5) is 0 Å². The number of thioether (sulfide) groups is 1. The van der Waals surface area contributed by atoms with Crippen LogP contribution < -0.4 is 5.32 Å². The van der Waals surface area contributed by atoms with Crippen LogP contribution in [0.15, 0.2) is 40.6 Å². The molecule has 6 heteroatoms. The van der Waals surface area contributed by atoms with Gasteiger partial charge in [-0.2, -0.15) is 0 Å². The molecule has 2 bridgehead atoms. The molecule has 5 rings (SSSR count). The van der Waals surface area contributed by atoms with Crippen LogP contribution in [0.5, 0.6) is 0 Å². The smallest absolute Gasteiger partial charge is 0.303 e. The highest BCUT2D eigenvalue weighted by molar-refractivity contribution is 8.00. The standard InChI is InChI=1S/C26H33NO3S2/c1-26(2)17-14-20(26)18(10-6-4-5-7-12-22(28)29)21(15-17)27-25(30)19-11-8-9-16-13-23(31-3)32-24(16)19/h4,6,8-9,11,13,17-18,20-21H,5,7,10,12,14-15H2,1-3H3,(H,27,30)(H,28,29)/t17-,18-,20+,21?/m1/s1. The topological polar surface area (TPSA) is 66.4 Å². The number of allylic oxidation sites excluding steroid dienone is 2. The molecule has 0 spiro atoms. The lowest BCUT2D eigenvalue weighted by atomic mass is 9.44. The number of fused-ring (bicyclic) bond motifs is 3. The molecule has 3 aliphatic rings. The highest BCUT2D eigenvalue weighted by Gasteiger charge is 2.57. The van der Waals surface area contributed by atoms with Gasteiger partial charge in [0.25, 0.3) is 5.91 Å². The molecule has 4 atom stereocenters. The molecule has 1 amide bonds. The van der Waals surface area contributed by atoms with Gasteiger partial charge < -0.3 is 10.4 Å². The Bertz CT molecular complexity index is 1030. The normalized spacial score (nSPS) is 26.2. The van der Waals surface area contributed by atoms with Crippen molar-refractivity contribution in [3.63, 3.8) is 0 Å². The fourth-order valence-electron chi connectivity index (χ4n) is 5.75. The Balaban J connectivity index is 1.46. The van der Waals surface area contributed by atoms with Gasteiger partial charge in [0.05, 0.1) is 9.77 Å². The van der Waals surface area contributed by atoms with Gasteiger partial charge in [-0.05, 0) is 79.0 Å². The molecular formula is C26H33NO3S2. The number of carbonyl (C=O) groups excluding carboxylic acids is 1. The lowest BCUT2D eigenvalue weighted by Crippen LogP contribution is -2.61. The second-order valence-electron chi connectivity index (χ2n) is 9.83. The molecule has 2 aromatic rings. The number of aliphatic carboxylic acids is 1. The van der Waals surface area contributed by atoms with Crippen LogP contribution in [0.3, 0.4) is 0 Å². The van der Waals surface area contributed by atoms with E-state index >= 15 is 0 Å². The first-order valence-electron chi connectivity index (χ1n) is 11.6. The Labute approximate surface area is 198 Å². The van der Waals surface area contributed by atoms with Crippen LogP contribution in [0.1, 0.15) is 62.7 Å². The van der Waals surface area contributed by atoms with E-state index in [1.54, 1.807) is 23.1 Å². The second kappa shape index (κ2) is 9.60. The van der Waals surface area contributed by atoms with Crippen molar-refractivity contribution in [3.8, 4) is 0 Å². The monoisotopic (exact) mass is 471 g/mol. The predicted octanol–water partition coefficient (Wildman–Crippen LogP) is 6.61. The van der Waals surface area contributed by atoms with Gasteiger partial charge in [-0.15, -0.1) is 23.1 Å². The molecule has 32 heavy (non-hydrogen) atoms. The van der Waals surface area contributed by atoms with Gasteiger partial charge in [0, 0.05) is 17.2 Å².